The van der Waals surface area contributed by atoms with Crippen molar-refractivity contribution in [1.29, 1.82) is 0 Å². The number of carbonyl (C=O) groups is 1. The lowest BCUT2D eigenvalue weighted by Gasteiger charge is -2.32. The van der Waals surface area contributed by atoms with Crippen molar-refractivity contribution in [3.8, 4) is 11.5 Å². The Labute approximate surface area is 255 Å². The van der Waals surface area contributed by atoms with Crippen molar-refractivity contribution >= 4 is 33.2 Å². The summed E-state index contributed by atoms with van der Waals surface area (Å²) in [6.45, 7) is 2.66. The highest BCUT2D eigenvalue weighted by Crippen LogP contribution is 2.50. The van der Waals surface area contributed by atoms with Gasteiger partial charge in [-0.2, -0.15) is 0 Å². The molecule has 0 saturated carbocycles. The van der Waals surface area contributed by atoms with E-state index in [4.69, 9.17) is 25.5 Å². The Morgan fingerprint density at radius 2 is 1.77 bits per heavy atom. The number of fused-ring (bicyclic) bond motifs is 1. The number of hydrogen-bond acceptors (Lipinski definition) is 9. The van der Waals surface area contributed by atoms with Gasteiger partial charge in [0.1, 0.15) is 17.8 Å². The number of ether oxygens (including phenoxy) is 2. The van der Waals surface area contributed by atoms with Gasteiger partial charge in [0.25, 0.3) is 15.9 Å². The fraction of sp³-hybridized carbons (Fsp3) is 0.290. The van der Waals surface area contributed by atoms with E-state index in [1.807, 2.05) is 18.2 Å². The van der Waals surface area contributed by atoms with E-state index in [2.05, 4.69) is 15.2 Å². The highest BCUT2D eigenvalue weighted by atomic mass is 35.5. The quantitative estimate of drug-likeness (QED) is 0.269. The van der Waals surface area contributed by atoms with Crippen LogP contribution in [0.5, 0.6) is 11.5 Å². The van der Waals surface area contributed by atoms with Gasteiger partial charge in [0.15, 0.2) is 5.54 Å². The molecule has 1 N–H and O–H groups in total. The predicted molar refractivity (Wildman–Crippen MR) is 161 cm³/mol. The molecule has 0 spiro atoms. The van der Waals surface area contributed by atoms with E-state index in [0.717, 1.165) is 35.8 Å². The number of aromatic nitrogens is 1. The number of likely N-dealkylation sites (tertiary alicyclic amines) is 1. The number of nitrogens with zero attached hydrogens (tertiary/aromatic N) is 3. The number of methoxy groups -OCH3 is 2. The topological polar surface area (TPSA) is 114 Å². The van der Waals surface area contributed by atoms with Crippen LogP contribution in [0.25, 0.3) is 0 Å². The van der Waals surface area contributed by atoms with Crippen LogP contribution in [0.1, 0.15) is 35.4 Å². The highest BCUT2D eigenvalue weighted by Gasteiger charge is 2.57. The number of rotatable bonds is 10. The summed E-state index contributed by atoms with van der Waals surface area (Å²) in [6, 6.07) is 16.3. The summed E-state index contributed by atoms with van der Waals surface area (Å²) in [7, 11) is -1.37. The van der Waals surface area contributed by atoms with Gasteiger partial charge >= 0.3 is 0 Å². The van der Waals surface area contributed by atoms with Crippen LogP contribution in [0.15, 0.2) is 82.4 Å². The molecule has 10 nitrogen and oxygen atoms in total. The van der Waals surface area contributed by atoms with Gasteiger partial charge < -0.3 is 13.9 Å². The fourth-order valence-electron chi connectivity index (χ4n) is 5.87. The first kappa shape index (κ1) is 29.2. The summed E-state index contributed by atoms with van der Waals surface area (Å²) in [6.07, 6.45) is 5.20. The van der Waals surface area contributed by atoms with Gasteiger partial charge in [-0.15, -0.1) is 0 Å². The third-order valence-electron chi connectivity index (χ3n) is 7.95. The van der Waals surface area contributed by atoms with Crippen LogP contribution in [0.3, 0.4) is 0 Å². The molecular weight excluding hydrogens is 592 g/mol. The summed E-state index contributed by atoms with van der Waals surface area (Å²) >= 11 is 6.53. The molecule has 0 aliphatic carbocycles. The average molecular weight is 623 g/mol. The van der Waals surface area contributed by atoms with Crippen molar-refractivity contribution in [3.05, 3.63) is 101 Å². The number of anilines is 1. The molecule has 1 aromatic heterocycles. The maximum atomic E-state index is 14.9. The number of oxazole rings is 1. The maximum absolute atomic E-state index is 14.9. The summed E-state index contributed by atoms with van der Waals surface area (Å²) in [5.41, 5.74) is 0.241. The van der Waals surface area contributed by atoms with Crippen molar-refractivity contribution in [2.24, 2.45) is 0 Å². The largest absolute Gasteiger partial charge is 0.497 e. The van der Waals surface area contributed by atoms with Gasteiger partial charge in [-0.25, -0.2) is 17.7 Å². The Hall–Kier alpha value is -3.90. The van der Waals surface area contributed by atoms with Gasteiger partial charge in [-0.3, -0.25) is 15.0 Å². The number of amides is 1. The Morgan fingerprint density at radius 3 is 2.44 bits per heavy atom. The monoisotopic (exact) mass is 622 g/mol. The van der Waals surface area contributed by atoms with Crippen molar-refractivity contribution in [2.45, 2.75) is 36.4 Å². The van der Waals surface area contributed by atoms with Crippen LogP contribution in [0.4, 0.5) is 5.69 Å². The average Bonchev–Trinajstić information content (AvgIpc) is 3.77. The van der Waals surface area contributed by atoms with Crippen LogP contribution in [0.2, 0.25) is 5.02 Å². The molecular formula is C31H31ClN4O6S. The van der Waals surface area contributed by atoms with Crippen LogP contribution in [-0.4, -0.2) is 51.5 Å². The fourth-order valence-corrected chi connectivity index (χ4v) is 7.51. The van der Waals surface area contributed by atoms with Gasteiger partial charge in [-0.05, 0) is 86.1 Å². The zero-order valence-corrected chi connectivity index (χ0v) is 25.3. The SMILES string of the molecule is COc1ccc(S(=O)(=O)N2C(=O)C(NCc3ncco3)(c3cc(CN4CCCC4)ccc3OC)c3cc(Cl)ccc32)cc1. The van der Waals surface area contributed by atoms with Gasteiger partial charge in [-0.1, -0.05) is 17.7 Å². The zero-order chi connectivity index (χ0) is 30.2. The molecule has 3 aromatic carbocycles. The van der Waals surface area contributed by atoms with Crippen LogP contribution in [-0.2, 0) is 33.4 Å². The molecule has 0 bridgehead atoms. The van der Waals surface area contributed by atoms with Crippen molar-refractivity contribution < 1.29 is 27.1 Å². The molecule has 1 amide bonds. The van der Waals surface area contributed by atoms with Gasteiger partial charge in [0.05, 0.1) is 37.5 Å². The lowest BCUT2D eigenvalue weighted by molar-refractivity contribution is -0.121. The summed E-state index contributed by atoms with van der Waals surface area (Å²) in [5.74, 6) is 0.483. The summed E-state index contributed by atoms with van der Waals surface area (Å²) < 4.78 is 45.8. The molecule has 4 aromatic rings. The molecule has 1 fully saturated rings. The van der Waals surface area contributed by atoms with Crippen LogP contribution in [0, 0.1) is 0 Å². The third kappa shape index (κ3) is 5.16. The van der Waals surface area contributed by atoms with E-state index >= 15 is 0 Å². The first-order valence-electron chi connectivity index (χ1n) is 13.8. The van der Waals surface area contributed by atoms with Gasteiger partial charge in [0.2, 0.25) is 5.89 Å². The molecule has 6 rings (SSSR count). The van der Waals surface area contributed by atoms with E-state index in [1.165, 1.54) is 50.9 Å². The minimum Gasteiger partial charge on any atom is -0.497 e. The Balaban J connectivity index is 1.56. The lowest BCUT2D eigenvalue weighted by Crippen LogP contribution is -2.52. The minimum absolute atomic E-state index is 0.0145. The molecule has 2 aliphatic heterocycles. The van der Waals surface area contributed by atoms with E-state index in [9.17, 15) is 13.2 Å². The summed E-state index contributed by atoms with van der Waals surface area (Å²) in [4.78, 5) is 21.4. The van der Waals surface area contributed by atoms with E-state index in [0.29, 0.717) is 40.1 Å². The number of hydrogen-bond donors (Lipinski definition) is 1. The molecule has 12 heteroatoms. The molecule has 224 valence electrons. The second-order valence-electron chi connectivity index (χ2n) is 10.5. The smallest absolute Gasteiger partial charge is 0.270 e. The highest BCUT2D eigenvalue weighted by molar-refractivity contribution is 7.93. The minimum atomic E-state index is -4.38. The number of benzene rings is 3. The number of nitrogens with one attached hydrogen (secondary N) is 1. The number of carbonyl (C=O) groups excluding carboxylic acids is 1. The Bertz CT molecular complexity index is 1740. The van der Waals surface area contributed by atoms with Crippen molar-refractivity contribution in [3.63, 3.8) is 0 Å². The first-order valence-corrected chi connectivity index (χ1v) is 15.7. The molecule has 43 heavy (non-hydrogen) atoms. The zero-order valence-electron chi connectivity index (χ0n) is 23.7. The molecule has 1 atom stereocenters. The second kappa shape index (κ2) is 11.6. The second-order valence-corrected chi connectivity index (χ2v) is 12.7. The van der Waals surface area contributed by atoms with Crippen LogP contribution >= 0.6 is 11.6 Å². The molecule has 1 saturated heterocycles. The standard InChI is InChI=1S/C31H31ClN4O6S/c1-40-23-7-9-24(10-8-23)43(38,39)36-27-11-6-22(32)18-25(27)31(30(36)37,34-19-29-33-13-16-42-29)26-17-21(5-12-28(26)41-2)20-35-14-3-4-15-35/h5-13,16-18,34H,3-4,14-15,19-20H2,1-2H3. The Morgan fingerprint density at radius 1 is 1.00 bits per heavy atom. The van der Waals surface area contributed by atoms with Crippen molar-refractivity contribution in [2.75, 3.05) is 31.6 Å². The first-order chi connectivity index (χ1) is 20.8. The molecule has 0 radical (unpaired) electrons. The molecule has 1 unspecified atom stereocenters. The van der Waals surface area contributed by atoms with Crippen molar-refractivity contribution in [1.82, 2.24) is 15.2 Å². The predicted octanol–water partition coefficient (Wildman–Crippen LogP) is 4.71. The summed E-state index contributed by atoms with van der Waals surface area (Å²) in [5, 5.41) is 3.67. The molecule has 2 aliphatic rings. The lowest BCUT2D eigenvalue weighted by atomic mass is 9.82. The van der Waals surface area contributed by atoms with E-state index in [-0.39, 0.29) is 17.1 Å². The normalized spacial score (nSPS) is 18.7. The van der Waals surface area contributed by atoms with Crippen LogP contribution < -0.4 is 19.1 Å². The number of halogens is 1. The molecule has 3 heterocycles. The van der Waals surface area contributed by atoms with E-state index < -0.39 is 21.5 Å². The maximum Gasteiger partial charge on any atom is 0.270 e. The third-order valence-corrected chi connectivity index (χ3v) is 9.89. The number of sulfonamides is 1. The van der Waals surface area contributed by atoms with E-state index in [1.54, 1.807) is 18.2 Å². The van der Waals surface area contributed by atoms with Gasteiger partial charge in [0, 0.05) is 22.7 Å². The Kier molecular flexibility index (Phi) is 7.91.